The summed E-state index contributed by atoms with van der Waals surface area (Å²) in [6.45, 7) is 5.78. The van der Waals surface area contributed by atoms with Gasteiger partial charge in [-0.05, 0) is 38.8 Å². The molecule has 1 N–H and O–H groups in total. The first-order valence-electron chi connectivity index (χ1n) is 8.54. The molecule has 4 heterocycles. The number of hydrogen-bond donors (Lipinski definition) is 1. The van der Waals surface area contributed by atoms with Crippen LogP contribution in [0.2, 0.25) is 0 Å². The van der Waals surface area contributed by atoms with E-state index in [1.807, 2.05) is 7.05 Å². The smallest absolute Gasteiger partial charge is 0.193 e. The van der Waals surface area contributed by atoms with Gasteiger partial charge in [-0.1, -0.05) is 0 Å². The molecular formula is C16H28N4O. The Labute approximate surface area is 127 Å². The number of nitrogens with zero attached hydrogens (tertiary/aromatic N) is 3. The van der Waals surface area contributed by atoms with Crippen LogP contribution in [0.15, 0.2) is 4.99 Å². The van der Waals surface area contributed by atoms with Gasteiger partial charge in [-0.3, -0.25) is 4.99 Å². The van der Waals surface area contributed by atoms with Gasteiger partial charge >= 0.3 is 0 Å². The van der Waals surface area contributed by atoms with Crippen molar-refractivity contribution in [1.29, 1.82) is 0 Å². The van der Waals surface area contributed by atoms with Crippen LogP contribution in [0.3, 0.4) is 0 Å². The Hall–Kier alpha value is -0.810. The first-order chi connectivity index (χ1) is 10.2. The fourth-order valence-electron chi connectivity index (χ4n) is 4.89. The third kappa shape index (κ3) is 2.44. The molecule has 0 aliphatic carbocycles. The predicted molar refractivity (Wildman–Crippen MR) is 83.4 cm³/mol. The summed E-state index contributed by atoms with van der Waals surface area (Å²) in [4.78, 5) is 9.42. The largest absolute Gasteiger partial charge is 0.374 e. The molecule has 5 unspecified atom stereocenters. The Bertz CT molecular complexity index is 409. The van der Waals surface area contributed by atoms with Crippen LogP contribution in [0.4, 0.5) is 0 Å². The highest BCUT2D eigenvalue weighted by Crippen LogP contribution is 2.47. The van der Waals surface area contributed by atoms with Crippen molar-refractivity contribution in [2.45, 2.75) is 31.5 Å². The second kappa shape index (κ2) is 5.43. The number of guanidine groups is 1. The highest BCUT2D eigenvalue weighted by Gasteiger charge is 2.53. The average Bonchev–Trinajstić information content (AvgIpc) is 3.20. The van der Waals surface area contributed by atoms with Crippen LogP contribution in [-0.2, 0) is 4.74 Å². The lowest BCUT2D eigenvalue weighted by molar-refractivity contribution is 0.0767. The standard InChI is InChI=1S/C16H28N4O/c1-17-16(18-7-11-5-6-19(2)8-11)20-9-12-13(10-20)15-4-3-14(12)21-15/h11-15H,3-10H2,1-2H3,(H,17,18). The van der Waals surface area contributed by atoms with Gasteiger partial charge in [0.2, 0.25) is 0 Å². The number of nitrogens with one attached hydrogen (secondary N) is 1. The van der Waals surface area contributed by atoms with Crippen molar-refractivity contribution < 1.29 is 4.74 Å². The van der Waals surface area contributed by atoms with Gasteiger partial charge in [0, 0.05) is 45.1 Å². The molecule has 0 saturated carbocycles. The summed E-state index contributed by atoms with van der Waals surface area (Å²) in [6.07, 6.45) is 4.93. The Morgan fingerprint density at radius 2 is 1.86 bits per heavy atom. The summed E-state index contributed by atoms with van der Waals surface area (Å²) in [5, 5.41) is 3.62. The quantitative estimate of drug-likeness (QED) is 0.598. The van der Waals surface area contributed by atoms with Crippen LogP contribution >= 0.6 is 0 Å². The van der Waals surface area contributed by atoms with Crippen molar-refractivity contribution in [3.8, 4) is 0 Å². The average molecular weight is 292 g/mol. The van der Waals surface area contributed by atoms with Crippen molar-refractivity contribution in [2.24, 2.45) is 22.7 Å². The molecule has 0 aromatic heterocycles. The number of aliphatic imine (C=N–C) groups is 1. The Morgan fingerprint density at radius 1 is 1.14 bits per heavy atom. The lowest BCUT2D eigenvalue weighted by atomic mass is 9.82. The van der Waals surface area contributed by atoms with Crippen LogP contribution in [0.5, 0.6) is 0 Å². The Balaban J connectivity index is 1.33. The number of hydrogen-bond acceptors (Lipinski definition) is 3. The maximum atomic E-state index is 6.06. The summed E-state index contributed by atoms with van der Waals surface area (Å²) >= 11 is 0. The van der Waals surface area contributed by atoms with E-state index < -0.39 is 0 Å². The van der Waals surface area contributed by atoms with Crippen LogP contribution in [-0.4, -0.2) is 74.8 Å². The third-order valence-electron chi connectivity index (χ3n) is 6.00. The summed E-state index contributed by atoms with van der Waals surface area (Å²) < 4.78 is 6.06. The Kier molecular flexibility index (Phi) is 3.58. The number of fused-ring (bicyclic) bond motifs is 5. The molecule has 4 fully saturated rings. The van der Waals surface area contributed by atoms with E-state index in [-0.39, 0.29) is 0 Å². The zero-order chi connectivity index (χ0) is 14.4. The summed E-state index contributed by atoms with van der Waals surface area (Å²) in [7, 11) is 4.13. The van der Waals surface area contributed by atoms with Crippen molar-refractivity contribution in [2.75, 3.05) is 46.8 Å². The molecule has 0 aromatic carbocycles. The van der Waals surface area contributed by atoms with E-state index in [1.165, 1.54) is 32.4 Å². The molecule has 0 radical (unpaired) electrons. The first-order valence-corrected chi connectivity index (χ1v) is 8.54. The molecular weight excluding hydrogens is 264 g/mol. The van der Waals surface area contributed by atoms with Crippen LogP contribution in [0.1, 0.15) is 19.3 Å². The summed E-state index contributed by atoms with van der Waals surface area (Å²) in [5.74, 6) is 3.38. The molecule has 0 aromatic rings. The van der Waals surface area contributed by atoms with Crippen LogP contribution in [0.25, 0.3) is 0 Å². The molecule has 4 rings (SSSR count). The van der Waals surface area contributed by atoms with Gasteiger partial charge in [0.05, 0.1) is 12.2 Å². The van der Waals surface area contributed by atoms with Crippen LogP contribution in [0, 0.1) is 17.8 Å². The molecule has 21 heavy (non-hydrogen) atoms. The van der Waals surface area contributed by atoms with E-state index in [9.17, 15) is 0 Å². The maximum absolute atomic E-state index is 6.06. The van der Waals surface area contributed by atoms with Gasteiger partial charge in [-0.15, -0.1) is 0 Å². The molecule has 118 valence electrons. The zero-order valence-corrected chi connectivity index (χ0v) is 13.3. The number of likely N-dealkylation sites (tertiary alicyclic amines) is 2. The minimum atomic E-state index is 0.534. The SMILES string of the molecule is CN=C(NCC1CCN(C)C1)N1CC2C3CCC(O3)C2C1. The van der Waals surface area contributed by atoms with E-state index >= 15 is 0 Å². The monoisotopic (exact) mass is 292 g/mol. The topological polar surface area (TPSA) is 40.1 Å². The highest BCUT2D eigenvalue weighted by molar-refractivity contribution is 5.80. The lowest BCUT2D eigenvalue weighted by Crippen LogP contribution is -2.43. The van der Waals surface area contributed by atoms with Crippen molar-refractivity contribution in [3.63, 3.8) is 0 Å². The molecule has 0 spiro atoms. The molecule has 5 nitrogen and oxygen atoms in total. The molecule has 0 amide bonds. The van der Waals surface area contributed by atoms with E-state index in [1.54, 1.807) is 0 Å². The zero-order valence-electron chi connectivity index (χ0n) is 13.3. The van der Waals surface area contributed by atoms with Crippen molar-refractivity contribution in [1.82, 2.24) is 15.1 Å². The second-order valence-electron chi connectivity index (χ2n) is 7.37. The first kappa shape index (κ1) is 13.8. The summed E-state index contributed by atoms with van der Waals surface area (Å²) in [5.41, 5.74) is 0. The van der Waals surface area contributed by atoms with Crippen molar-refractivity contribution >= 4 is 5.96 Å². The number of ether oxygens (including phenoxy) is 1. The van der Waals surface area contributed by atoms with Crippen molar-refractivity contribution in [3.05, 3.63) is 0 Å². The fraction of sp³-hybridized carbons (Fsp3) is 0.938. The third-order valence-corrected chi connectivity index (χ3v) is 6.00. The second-order valence-corrected chi connectivity index (χ2v) is 7.37. The van der Waals surface area contributed by atoms with Gasteiger partial charge < -0.3 is 19.9 Å². The van der Waals surface area contributed by atoms with Crippen LogP contribution < -0.4 is 5.32 Å². The highest BCUT2D eigenvalue weighted by atomic mass is 16.5. The van der Waals surface area contributed by atoms with Gasteiger partial charge in [0.1, 0.15) is 0 Å². The molecule has 4 aliphatic rings. The van der Waals surface area contributed by atoms with Gasteiger partial charge in [0.15, 0.2) is 5.96 Å². The molecule has 2 bridgehead atoms. The predicted octanol–water partition coefficient (Wildman–Crippen LogP) is 0.623. The lowest BCUT2D eigenvalue weighted by Gasteiger charge is -2.24. The minimum absolute atomic E-state index is 0.534. The molecule has 4 aliphatic heterocycles. The van der Waals surface area contributed by atoms with E-state index in [0.717, 1.165) is 43.3 Å². The van der Waals surface area contributed by atoms with Gasteiger partial charge in [0.25, 0.3) is 0 Å². The molecule has 5 heteroatoms. The van der Waals surface area contributed by atoms with E-state index in [4.69, 9.17) is 4.74 Å². The summed E-state index contributed by atoms with van der Waals surface area (Å²) in [6, 6.07) is 0. The van der Waals surface area contributed by atoms with E-state index in [0.29, 0.717) is 12.2 Å². The maximum Gasteiger partial charge on any atom is 0.193 e. The fourth-order valence-corrected chi connectivity index (χ4v) is 4.89. The van der Waals surface area contributed by atoms with E-state index in [2.05, 4.69) is 27.2 Å². The Morgan fingerprint density at radius 3 is 2.43 bits per heavy atom. The minimum Gasteiger partial charge on any atom is -0.374 e. The number of rotatable bonds is 2. The van der Waals surface area contributed by atoms with Gasteiger partial charge in [-0.2, -0.15) is 0 Å². The molecule has 4 saturated heterocycles. The molecule has 5 atom stereocenters. The van der Waals surface area contributed by atoms with Gasteiger partial charge in [-0.25, -0.2) is 0 Å². The normalized spacial score (nSPS) is 42.9.